The SMILES string of the molecule is Cc1ncn(CC(=O)N2CCCC(c3nc4ccccc4[nH]3)C2)c1C. The van der Waals surface area contributed by atoms with Crippen LogP contribution >= 0.6 is 0 Å². The second-order valence-corrected chi connectivity index (χ2v) is 6.86. The highest BCUT2D eigenvalue weighted by atomic mass is 16.2. The summed E-state index contributed by atoms with van der Waals surface area (Å²) in [5, 5.41) is 0. The second-order valence-electron chi connectivity index (χ2n) is 6.86. The van der Waals surface area contributed by atoms with Crippen molar-refractivity contribution in [2.24, 2.45) is 0 Å². The van der Waals surface area contributed by atoms with Crippen molar-refractivity contribution in [2.45, 2.75) is 39.2 Å². The number of fused-ring (bicyclic) bond motifs is 1. The van der Waals surface area contributed by atoms with E-state index in [0.29, 0.717) is 6.54 Å². The van der Waals surface area contributed by atoms with Gasteiger partial charge < -0.3 is 14.5 Å². The molecule has 1 fully saturated rings. The second kappa shape index (κ2) is 6.35. The molecule has 1 saturated heterocycles. The number of piperidine rings is 1. The summed E-state index contributed by atoms with van der Waals surface area (Å²) < 4.78 is 1.93. The highest BCUT2D eigenvalue weighted by Crippen LogP contribution is 2.27. The summed E-state index contributed by atoms with van der Waals surface area (Å²) in [7, 11) is 0. The van der Waals surface area contributed by atoms with E-state index in [4.69, 9.17) is 4.98 Å². The van der Waals surface area contributed by atoms with Gasteiger partial charge in [-0.15, -0.1) is 0 Å². The number of aromatic amines is 1. The lowest BCUT2D eigenvalue weighted by molar-refractivity contribution is -0.133. The van der Waals surface area contributed by atoms with Gasteiger partial charge in [0.2, 0.25) is 5.91 Å². The molecule has 0 radical (unpaired) electrons. The standard InChI is InChI=1S/C19H23N5O/c1-13-14(2)24(12-20-13)11-18(25)23-9-5-6-15(10-23)19-21-16-7-3-4-8-17(16)22-19/h3-4,7-8,12,15H,5-6,9-11H2,1-2H3,(H,21,22). The quantitative estimate of drug-likeness (QED) is 0.799. The third-order valence-corrected chi connectivity index (χ3v) is 5.22. The van der Waals surface area contributed by atoms with E-state index >= 15 is 0 Å². The van der Waals surface area contributed by atoms with Gasteiger partial charge in [0.25, 0.3) is 0 Å². The third kappa shape index (κ3) is 3.04. The van der Waals surface area contributed by atoms with Crippen molar-refractivity contribution < 1.29 is 4.79 Å². The number of nitrogens with one attached hydrogen (secondary N) is 1. The first-order valence-corrected chi connectivity index (χ1v) is 8.82. The van der Waals surface area contributed by atoms with Gasteiger partial charge in [-0.25, -0.2) is 9.97 Å². The van der Waals surface area contributed by atoms with E-state index in [1.54, 1.807) is 6.33 Å². The Balaban J connectivity index is 1.48. The van der Waals surface area contributed by atoms with Crippen molar-refractivity contribution in [3.8, 4) is 0 Å². The number of rotatable bonds is 3. The Bertz CT molecular complexity index is 877. The van der Waals surface area contributed by atoms with Crippen molar-refractivity contribution in [3.63, 3.8) is 0 Å². The molecule has 0 saturated carbocycles. The summed E-state index contributed by atoms with van der Waals surface area (Å²) in [5.41, 5.74) is 4.08. The minimum Gasteiger partial charge on any atom is -0.342 e. The van der Waals surface area contributed by atoms with Crippen LogP contribution < -0.4 is 0 Å². The number of H-pyrrole nitrogens is 1. The monoisotopic (exact) mass is 337 g/mol. The fourth-order valence-electron chi connectivity index (χ4n) is 3.54. The van der Waals surface area contributed by atoms with Crippen molar-refractivity contribution in [1.82, 2.24) is 24.4 Å². The molecule has 6 heteroatoms. The van der Waals surface area contributed by atoms with E-state index in [9.17, 15) is 4.79 Å². The van der Waals surface area contributed by atoms with Gasteiger partial charge in [0, 0.05) is 24.7 Å². The topological polar surface area (TPSA) is 66.8 Å². The van der Waals surface area contributed by atoms with Crippen molar-refractivity contribution in [3.05, 3.63) is 47.8 Å². The maximum atomic E-state index is 12.7. The van der Waals surface area contributed by atoms with Crippen LogP contribution in [0.15, 0.2) is 30.6 Å². The summed E-state index contributed by atoms with van der Waals surface area (Å²) in [4.78, 5) is 27.1. The van der Waals surface area contributed by atoms with Crippen molar-refractivity contribution in [2.75, 3.05) is 13.1 Å². The molecule has 1 aliphatic heterocycles. The Labute approximate surface area is 146 Å². The van der Waals surface area contributed by atoms with Crippen molar-refractivity contribution in [1.29, 1.82) is 0 Å². The van der Waals surface area contributed by atoms with Crippen LogP contribution in [-0.4, -0.2) is 43.4 Å². The predicted molar refractivity (Wildman–Crippen MR) is 96.3 cm³/mol. The normalized spacial score (nSPS) is 18.0. The molecule has 25 heavy (non-hydrogen) atoms. The first kappa shape index (κ1) is 15.9. The van der Waals surface area contributed by atoms with E-state index in [2.05, 4.69) is 9.97 Å². The molecule has 1 amide bonds. The molecule has 2 aromatic heterocycles. The van der Waals surface area contributed by atoms with E-state index in [1.807, 2.05) is 47.6 Å². The van der Waals surface area contributed by atoms with Crippen LogP contribution in [0.25, 0.3) is 11.0 Å². The van der Waals surface area contributed by atoms with Crippen LogP contribution in [-0.2, 0) is 11.3 Å². The van der Waals surface area contributed by atoms with Crippen LogP contribution in [0, 0.1) is 13.8 Å². The molecule has 1 aromatic carbocycles. The van der Waals surface area contributed by atoms with Crippen LogP contribution in [0.1, 0.15) is 36.0 Å². The van der Waals surface area contributed by atoms with E-state index in [1.165, 1.54) is 0 Å². The Morgan fingerprint density at radius 3 is 2.92 bits per heavy atom. The summed E-state index contributed by atoms with van der Waals surface area (Å²) in [6, 6.07) is 8.07. The van der Waals surface area contributed by atoms with E-state index in [-0.39, 0.29) is 11.8 Å². The zero-order valence-corrected chi connectivity index (χ0v) is 14.7. The summed E-state index contributed by atoms with van der Waals surface area (Å²) >= 11 is 0. The smallest absolute Gasteiger partial charge is 0.242 e. The van der Waals surface area contributed by atoms with Crippen LogP contribution in [0.5, 0.6) is 0 Å². The molecule has 0 bridgehead atoms. The molecule has 130 valence electrons. The predicted octanol–water partition coefficient (Wildman–Crippen LogP) is 2.78. The maximum Gasteiger partial charge on any atom is 0.242 e. The molecule has 0 spiro atoms. The van der Waals surface area contributed by atoms with Gasteiger partial charge in [0.15, 0.2) is 0 Å². The van der Waals surface area contributed by atoms with E-state index < -0.39 is 0 Å². The number of imidazole rings is 2. The Morgan fingerprint density at radius 2 is 2.16 bits per heavy atom. The average Bonchev–Trinajstić information content (AvgIpc) is 3.20. The number of para-hydroxylation sites is 2. The Morgan fingerprint density at radius 1 is 1.32 bits per heavy atom. The van der Waals surface area contributed by atoms with Crippen LogP contribution in [0.4, 0.5) is 0 Å². The van der Waals surface area contributed by atoms with Crippen molar-refractivity contribution >= 4 is 16.9 Å². The highest BCUT2D eigenvalue weighted by molar-refractivity contribution is 5.77. The van der Waals surface area contributed by atoms with Gasteiger partial charge in [0.05, 0.1) is 23.1 Å². The molecular formula is C19H23N5O. The molecule has 3 heterocycles. The summed E-state index contributed by atoms with van der Waals surface area (Å²) in [6.07, 6.45) is 3.82. The molecule has 4 rings (SSSR count). The van der Waals surface area contributed by atoms with Gasteiger partial charge in [-0.05, 0) is 38.8 Å². The Hall–Kier alpha value is -2.63. The highest BCUT2D eigenvalue weighted by Gasteiger charge is 2.27. The number of benzene rings is 1. The zero-order chi connectivity index (χ0) is 17.4. The maximum absolute atomic E-state index is 12.7. The largest absolute Gasteiger partial charge is 0.342 e. The molecule has 6 nitrogen and oxygen atoms in total. The number of carbonyl (C=O) groups excluding carboxylic acids is 1. The molecule has 1 unspecified atom stereocenters. The van der Waals surface area contributed by atoms with Crippen LogP contribution in [0.2, 0.25) is 0 Å². The lowest BCUT2D eigenvalue weighted by Gasteiger charge is -2.32. The van der Waals surface area contributed by atoms with Gasteiger partial charge in [-0.3, -0.25) is 4.79 Å². The number of hydrogen-bond donors (Lipinski definition) is 1. The van der Waals surface area contributed by atoms with Gasteiger partial charge in [-0.2, -0.15) is 0 Å². The lowest BCUT2D eigenvalue weighted by atomic mass is 9.97. The van der Waals surface area contributed by atoms with Gasteiger partial charge in [0.1, 0.15) is 12.4 Å². The summed E-state index contributed by atoms with van der Waals surface area (Å²) in [6.45, 7) is 5.88. The lowest BCUT2D eigenvalue weighted by Crippen LogP contribution is -2.41. The molecule has 1 aliphatic rings. The zero-order valence-electron chi connectivity index (χ0n) is 14.7. The molecule has 0 aliphatic carbocycles. The summed E-state index contributed by atoms with van der Waals surface area (Å²) in [5.74, 6) is 1.42. The van der Waals surface area contributed by atoms with Crippen LogP contribution in [0.3, 0.4) is 0 Å². The Kier molecular flexibility index (Phi) is 4.03. The minimum absolute atomic E-state index is 0.154. The number of carbonyl (C=O) groups is 1. The number of amides is 1. The number of aromatic nitrogens is 4. The fourth-order valence-corrected chi connectivity index (χ4v) is 3.54. The first-order chi connectivity index (χ1) is 12.1. The molecule has 3 aromatic rings. The number of nitrogens with zero attached hydrogens (tertiary/aromatic N) is 4. The first-order valence-electron chi connectivity index (χ1n) is 8.82. The fraction of sp³-hybridized carbons (Fsp3) is 0.421. The molecular weight excluding hydrogens is 314 g/mol. The minimum atomic E-state index is 0.154. The van der Waals surface area contributed by atoms with Gasteiger partial charge in [-0.1, -0.05) is 12.1 Å². The average molecular weight is 337 g/mol. The number of hydrogen-bond acceptors (Lipinski definition) is 3. The molecule has 1 atom stereocenters. The third-order valence-electron chi connectivity index (χ3n) is 5.22. The number of likely N-dealkylation sites (tertiary alicyclic amines) is 1. The number of aryl methyl sites for hydroxylation is 1. The van der Waals surface area contributed by atoms with Gasteiger partial charge >= 0.3 is 0 Å². The van der Waals surface area contributed by atoms with E-state index in [0.717, 1.165) is 54.2 Å². The molecule has 1 N–H and O–H groups in total.